The first-order valence-corrected chi connectivity index (χ1v) is 7.44. The SMILES string of the molecule is CCC(=O)Nc1cccc(NC(=O)[C@@H]2CNC[C@H]2C)c1C. The van der Waals surface area contributed by atoms with Crippen molar-refractivity contribution in [2.45, 2.75) is 27.2 Å². The summed E-state index contributed by atoms with van der Waals surface area (Å²) < 4.78 is 0. The molecule has 21 heavy (non-hydrogen) atoms. The Morgan fingerprint density at radius 2 is 1.90 bits per heavy atom. The van der Waals surface area contributed by atoms with E-state index in [1.165, 1.54) is 0 Å². The van der Waals surface area contributed by atoms with Crippen molar-refractivity contribution in [2.24, 2.45) is 11.8 Å². The first-order chi connectivity index (χ1) is 10.0. The predicted molar refractivity (Wildman–Crippen MR) is 84.3 cm³/mol. The van der Waals surface area contributed by atoms with Gasteiger partial charge in [-0.2, -0.15) is 0 Å². The number of nitrogens with one attached hydrogen (secondary N) is 3. The molecule has 2 rings (SSSR count). The second-order valence-electron chi connectivity index (χ2n) is 5.61. The van der Waals surface area contributed by atoms with Crippen LogP contribution in [-0.2, 0) is 9.59 Å². The molecule has 3 N–H and O–H groups in total. The Balaban J connectivity index is 2.11. The van der Waals surface area contributed by atoms with Gasteiger partial charge in [0.1, 0.15) is 0 Å². The lowest BCUT2D eigenvalue weighted by atomic mass is 9.97. The van der Waals surface area contributed by atoms with E-state index in [4.69, 9.17) is 0 Å². The molecule has 1 heterocycles. The smallest absolute Gasteiger partial charge is 0.229 e. The van der Waals surface area contributed by atoms with Crippen LogP contribution in [0.2, 0.25) is 0 Å². The lowest BCUT2D eigenvalue weighted by Crippen LogP contribution is -2.28. The zero-order valence-electron chi connectivity index (χ0n) is 12.8. The number of rotatable bonds is 4. The minimum absolute atomic E-state index is 0.00158. The van der Waals surface area contributed by atoms with Crippen molar-refractivity contribution in [3.05, 3.63) is 23.8 Å². The summed E-state index contributed by atoms with van der Waals surface area (Å²) in [7, 11) is 0. The van der Waals surface area contributed by atoms with Gasteiger partial charge in [0.05, 0.1) is 5.92 Å². The molecule has 1 aliphatic heterocycles. The van der Waals surface area contributed by atoms with E-state index in [0.717, 1.165) is 30.0 Å². The minimum Gasteiger partial charge on any atom is -0.326 e. The van der Waals surface area contributed by atoms with E-state index >= 15 is 0 Å². The summed E-state index contributed by atoms with van der Waals surface area (Å²) in [6, 6.07) is 5.55. The molecule has 1 aliphatic rings. The van der Waals surface area contributed by atoms with Crippen LogP contribution in [0.1, 0.15) is 25.8 Å². The maximum Gasteiger partial charge on any atom is 0.229 e. The zero-order chi connectivity index (χ0) is 15.4. The lowest BCUT2D eigenvalue weighted by Gasteiger charge is -2.17. The molecule has 0 aliphatic carbocycles. The fourth-order valence-corrected chi connectivity index (χ4v) is 2.53. The highest BCUT2D eigenvalue weighted by molar-refractivity contribution is 5.96. The average molecular weight is 289 g/mol. The van der Waals surface area contributed by atoms with Crippen LogP contribution >= 0.6 is 0 Å². The predicted octanol–water partition coefficient (Wildman–Crippen LogP) is 2.14. The van der Waals surface area contributed by atoms with Crippen molar-refractivity contribution in [2.75, 3.05) is 23.7 Å². The summed E-state index contributed by atoms with van der Waals surface area (Å²) in [5.74, 6) is 0.344. The van der Waals surface area contributed by atoms with E-state index in [1.54, 1.807) is 0 Å². The lowest BCUT2D eigenvalue weighted by molar-refractivity contribution is -0.120. The van der Waals surface area contributed by atoms with E-state index < -0.39 is 0 Å². The Hall–Kier alpha value is -1.88. The Labute approximate surface area is 125 Å². The summed E-state index contributed by atoms with van der Waals surface area (Å²) in [6.45, 7) is 7.39. The quantitative estimate of drug-likeness (QED) is 0.795. The third-order valence-corrected chi connectivity index (χ3v) is 4.04. The molecule has 1 aromatic carbocycles. The van der Waals surface area contributed by atoms with E-state index in [-0.39, 0.29) is 17.7 Å². The van der Waals surface area contributed by atoms with Crippen LogP contribution in [-0.4, -0.2) is 24.9 Å². The molecule has 0 spiro atoms. The van der Waals surface area contributed by atoms with Crippen LogP contribution in [0.15, 0.2) is 18.2 Å². The largest absolute Gasteiger partial charge is 0.326 e. The van der Waals surface area contributed by atoms with Crippen molar-refractivity contribution in [3.63, 3.8) is 0 Å². The van der Waals surface area contributed by atoms with E-state index in [1.807, 2.05) is 32.0 Å². The number of carbonyl (C=O) groups is 2. The van der Waals surface area contributed by atoms with E-state index in [9.17, 15) is 9.59 Å². The molecular weight excluding hydrogens is 266 g/mol. The van der Waals surface area contributed by atoms with E-state index in [2.05, 4.69) is 22.9 Å². The molecule has 0 bridgehead atoms. The summed E-state index contributed by atoms with van der Waals surface area (Å²) in [6.07, 6.45) is 0.432. The van der Waals surface area contributed by atoms with Gasteiger partial charge in [0.2, 0.25) is 11.8 Å². The molecule has 0 aromatic heterocycles. The Kier molecular flexibility index (Phi) is 4.96. The third-order valence-electron chi connectivity index (χ3n) is 4.04. The van der Waals surface area contributed by atoms with Crippen LogP contribution in [0.5, 0.6) is 0 Å². The third kappa shape index (κ3) is 3.61. The average Bonchev–Trinajstić information content (AvgIpc) is 2.89. The van der Waals surface area contributed by atoms with Crippen LogP contribution < -0.4 is 16.0 Å². The first-order valence-electron chi connectivity index (χ1n) is 7.44. The number of carbonyl (C=O) groups excluding carboxylic acids is 2. The normalized spacial score (nSPS) is 21.1. The topological polar surface area (TPSA) is 70.2 Å². The maximum absolute atomic E-state index is 12.3. The van der Waals surface area contributed by atoms with Crippen LogP contribution in [0, 0.1) is 18.8 Å². The van der Waals surface area contributed by atoms with Gasteiger partial charge in [-0.1, -0.05) is 19.9 Å². The molecule has 5 nitrogen and oxygen atoms in total. The van der Waals surface area contributed by atoms with Crippen molar-refractivity contribution >= 4 is 23.2 Å². The fraction of sp³-hybridized carbons (Fsp3) is 0.500. The van der Waals surface area contributed by atoms with Gasteiger partial charge < -0.3 is 16.0 Å². The van der Waals surface area contributed by atoms with Gasteiger partial charge in [-0.25, -0.2) is 0 Å². The monoisotopic (exact) mass is 289 g/mol. The zero-order valence-corrected chi connectivity index (χ0v) is 12.8. The number of amides is 2. The van der Waals surface area contributed by atoms with Gasteiger partial charge in [0, 0.05) is 24.3 Å². The highest BCUT2D eigenvalue weighted by Gasteiger charge is 2.29. The summed E-state index contributed by atoms with van der Waals surface area (Å²) in [4.78, 5) is 23.8. The number of hydrogen-bond donors (Lipinski definition) is 3. The molecule has 5 heteroatoms. The summed E-state index contributed by atoms with van der Waals surface area (Å²) >= 11 is 0. The molecule has 1 saturated heterocycles. The minimum atomic E-state index is -0.0322. The Bertz CT molecular complexity index is 542. The van der Waals surface area contributed by atoms with Crippen LogP contribution in [0.25, 0.3) is 0 Å². The Morgan fingerprint density at radius 3 is 2.48 bits per heavy atom. The molecule has 2 atom stereocenters. The fourth-order valence-electron chi connectivity index (χ4n) is 2.53. The molecule has 1 aromatic rings. The first kappa shape index (κ1) is 15.5. The molecule has 0 saturated carbocycles. The number of benzene rings is 1. The van der Waals surface area contributed by atoms with Crippen LogP contribution in [0.4, 0.5) is 11.4 Å². The van der Waals surface area contributed by atoms with Gasteiger partial charge in [0.25, 0.3) is 0 Å². The molecule has 0 radical (unpaired) electrons. The molecular formula is C16H23N3O2. The molecule has 1 fully saturated rings. The van der Waals surface area contributed by atoms with Gasteiger partial charge in [0.15, 0.2) is 0 Å². The van der Waals surface area contributed by atoms with Gasteiger partial charge in [-0.3, -0.25) is 9.59 Å². The highest BCUT2D eigenvalue weighted by atomic mass is 16.2. The number of anilines is 2. The summed E-state index contributed by atoms with van der Waals surface area (Å²) in [5, 5.41) is 9.06. The van der Waals surface area contributed by atoms with Gasteiger partial charge in [-0.05, 0) is 37.1 Å². The van der Waals surface area contributed by atoms with E-state index in [0.29, 0.717) is 12.3 Å². The van der Waals surface area contributed by atoms with Crippen molar-refractivity contribution < 1.29 is 9.59 Å². The summed E-state index contributed by atoms with van der Waals surface area (Å²) in [5.41, 5.74) is 2.39. The van der Waals surface area contributed by atoms with Gasteiger partial charge in [-0.15, -0.1) is 0 Å². The van der Waals surface area contributed by atoms with Gasteiger partial charge >= 0.3 is 0 Å². The second kappa shape index (κ2) is 6.72. The second-order valence-corrected chi connectivity index (χ2v) is 5.61. The molecule has 2 amide bonds. The Morgan fingerprint density at radius 1 is 1.24 bits per heavy atom. The molecule has 114 valence electrons. The number of hydrogen-bond acceptors (Lipinski definition) is 3. The maximum atomic E-state index is 12.3. The van der Waals surface area contributed by atoms with Crippen LogP contribution in [0.3, 0.4) is 0 Å². The van der Waals surface area contributed by atoms with Crippen molar-refractivity contribution in [3.8, 4) is 0 Å². The standard InChI is InChI=1S/C16H23N3O2/c1-4-15(20)18-13-6-5-7-14(11(13)3)19-16(21)12-9-17-8-10(12)2/h5-7,10,12,17H,4,8-9H2,1-3H3,(H,18,20)(H,19,21)/t10-,12-/m1/s1. The van der Waals surface area contributed by atoms with Crippen molar-refractivity contribution in [1.82, 2.24) is 5.32 Å². The van der Waals surface area contributed by atoms with Crippen molar-refractivity contribution in [1.29, 1.82) is 0 Å². The molecule has 0 unspecified atom stereocenters. The highest BCUT2D eigenvalue weighted by Crippen LogP contribution is 2.25.